The molecule has 7 heteroatoms. The Morgan fingerprint density at radius 3 is 3.00 bits per heavy atom. The van der Waals surface area contributed by atoms with Crippen molar-refractivity contribution in [2.75, 3.05) is 6.54 Å². The van der Waals surface area contributed by atoms with E-state index in [4.69, 9.17) is 5.26 Å². The highest BCUT2D eigenvalue weighted by Gasteiger charge is 2.15. The molecule has 76 valence electrons. The molecule has 6 nitrogen and oxygen atoms in total. The highest BCUT2D eigenvalue weighted by atomic mass is 32.2. The molecular weight excluding hydrogens is 204 g/mol. The maximum atomic E-state index is 11.4. The van der Waals surface area contributed by atoms with Crippen molar-refractivity contribution in [1.29, 1.82) is 5.26 Å². The first kappa shape index (κ1) is 10.7. The summed E-state index contributed by atoms with van der Waals surface area (Å²) in [5.41, 5.74) is 0. The lowest BCUT2D eigenvalue weighted by Gasteiger charge is -2.04. The summed E-state index contributed by atoms with van der Waals surface area (Å²) in [5, 5.41) is 14.4. The van der Waals surface area contributed by atoms with Crippen molar-refractivity contribution in [1.82, 2.24) is 14.9 Å². The van der Waals surface area contributed by atoms with Gasteiger partial charge in [0.05, 0.1) is 18.2 Å². The Labute approximate surface area is 82.0 Å². The molecule has 0 amide bonds. The van der Waals surface area contributed by atoms with E-state index < -0.39 is 10.0 Å². The topological polar surface area (TPSA) is 98.6 Å². The number of aromatic nitrogens is 2. The fraction of sp³-hybridized carbons (Fsp3) is 0.429. The van der Waals surface area contributed by atoms with E-state index in [1.807, 2.05) is 6.07 Å². The Bertz CT molecular complexity index is 417. The summed E-state index contributed by atoms with van der Waals surface area (Å²) >= 11 is 0. The van der Waals surface area contributed by atoms with Gasteiger partial charge in [0.25, 0.3) is 0 Å². The number of sulfonamides is 1. The molecule has 0 saturated heterocycles. The number of nitrogens with one attached hydrogen (secondary N) is 2. The third-order valence-corrected chi connectivity index (χ3v) is 2.97. The second-order valence-electron chi connectivity index (χ2n) is 2.82. The van der Waals surface area contributed by atoms with Crippen molar-refractivity contribution in [3.05, 3.63) is 12.4 Å². The maximum Gasteiger partial charge on any atom is 0.243 e. The first-order valence-corrected chi connectivity index (χ1v) is 5.42. The van der Waals surface area contributed by atoms with E-state index >= 15 is 0 Å². The van der Waals surface area contributed by atoms with Crippen molar-refractivity contribution >= 4 is 10.0 Å². The van der Waals surface area contributed by atoms with E-state index in [0.29, 0.717) is 0 Å². The lowest BCUT2D eigenvalue weighted by atomic mass is 10.2. The molecule has 1 unspecified atom stereocenters. The molecule has 0 spiro atoms. The van der Waals surface area contributed by atoms with E-state index in [-0.39, 0.29) is 17.4 Å². The molecule has 0 aliphatic rings. The first-order chi connectivity index (χ1) is 6.56. The minimum atomic E-state index is -3.52. The number of nitrogens with zero attached hydrogens (tertiary/aromatic N) is 2. The maximum absolute atomic E-state index is 11.4. The molecule has 1 rings (SSSR count). The lowest BCUT2D eigenvalue weighted by molar-refractivity contribution is 0.573. The van der Waals surface area contributed by atoms with Crippen LogP contribution in [0.5, 0.6) is 0 Å². The van der Waals surface area contributed by atoms with Crippen molar-refractivity contribution in [2.24, 2.45) is 5.92 Å². The van der Waals surface area contributed by atoms with E-state index in [2.05, 4.69) is 14.9 Å². The highest BCUT2D eigenvalue weighted by Crippen LogP contribution is 2.04. The summed E-state index contributed by atoms with van der Waals surface area (Å²) in [5.74, 6) is -0.350. The Balaban J connectivity index is 2.66. The van der Waals surface area contributed by atoms with Gasteiger partial charge in [-0.15, -0.1) is 0 Å². The molecule has 1 aromatic rings. The van der Waals surface area contributed by atoms with Crippen LogP contribution in [0.3, 0.4) is 0 Å². The summed E-state index contributed by atoms with van der Waals surface area (Å²) in [6.45, 7) is 1.74. The molecule has 0 aliphatic heterocycles. The predicted octanol–water partition coefficient (Wildman–Crippen LogP) is -0.152. The zero-order valence-electron chi connectivity index (χ0n) is 7.56. The molecule has 0 aliphatic carbocycles. The van der Waals surface area contributed by atoms with Crippen LogP contribution in [-0.2, 0) is 10.0 Å². The zero-order valence-corrected chi connectivity index (χ0v) is 8.37. The van der Waals surface area contributed by atoms with Gasteiger partial charge in [0.2, 0.25) is 10.0 Å². The van der Waals surface area contributed by atoms with Gasteiger partial charge in [-0.1, -0.05) is 0 Å². The number of hydrogen-bond donors (Lipinski definition) is 2. The van der Waals surface area contributed by atoms with Crippen LogP contribution in [0.4, 0.5) is 0 Å². The second-order valence-corrected chi connectivity index (χ2v) is 4.58. The van der Waals surface area contributed by atoms with Gasteiger partial charge in [-0.05, 0) is 6.92 Å². The van der Waals surface area contributed by atoms with E-state index in [1.165, 1.54) is 12.4 Å². The Morgan fingerprint density at radius 1 is 1.79 bits per heavy atom. The van der Waals surface area contributed by atoms with Gasteiger partial charge in [0, 0.05) is 12.7 Å². The molecule has 1 heterocycles. The molecular formula is C7H10N4O2S. The zero-order chi connectivity index (χ0) is 10.6. The number of hydrogen-bond acceptors (Lipinski definition) is 4. The Morgan fingerprint density at radius 2 is 2.50 bits per heavy atom. The van der Waals surface area contributed by atoms with Crippen LogP contribution in [0, 0.1) is 17.2 Å². The van der Waals surface area contributed by atoms with Gasteiger partial charge in [0.1, 0.15) is 4.90 Å². The van der Waals surface area contributed by atoms with Crippen LogP contribution in [0.2, 0.25) is 0 Å². The van der Waals surface area contributed by atoms with Crippen LogP contribution in [-0.4, -0.2) is 25.2 Å². The summed E-state index contributed by atoms with van der Waals surface area (Å²) in [7, 11) is -3.52. The van der Waals surface area contributed by atoms with E-state index in [9.17, 15) is 8.42 Å². The van der Waals surface area contributed by atoms with Crippen molar-refractivity contribution in [3.63, 3.8) is 0 Å². The highest BCUT2D eigenvalue weighted by molar-refractivity contribution is 7.89. The van der Waals surface area contributed by atoms with Gasteiger partial charge < -0.3 is 0 Å². The largest absolute Gasteiger partial charge is 0.284 e. The van der Waals surface area contributed by atoms with Crippen molar-refractivity contribution in [3.8, 4) is 6.07 Å². The monoisotopic (exact) mass is 214 g/mol. The smallest absolute Gasteiger partial charge is 0.243 e. The number of nitriles is 1. The standard InChI is InChI=1S/C7H10N4O2S/c1-6(2-8)3-11-14(12,13)7-4-9-10-5-7/h4-6,11H,3H2,1H3,(H,9,10). The fourth-order valence-electron chi connectivity index (χ4n) is 0.750. The van der Waals surface area contributed by atoms with E-state index in [1.54, 1.807) is 6.92 Å². The normalized spacial score (nSPS) is 13.4. The quantitative estimate of drug-likeness (QED) is 0.728. The molecule has 0 fully saturated rings. The van der Waals surface area contributed by atoms with Gasteiger partial charge in [0.15, 0.2) is 0 Å². The van der Waals surface area contributed by atoms with Crippen LogP contribution >= 0.6 is 0 Å². The third-order valence-electron chi connectivity index (χ3n) is 1.58. The molecule has 0 radical (unpaired) electrons. The Hall–Kier alpha value is -1.39. The molecule has 14 heavy (non-hydrogen) atoms. The average molecular weight is 214 g/mol. The van der Waals surface area contributed by atoms with Crippen LogP contribution in [0.25, 0.3) is 0 Å². The summed E-state index contributed by atoms with van der Waals surface area (Å²) in [6.07, 6.45) is 2.48. The second kappa shape index (κ2) is 4.21. The van der Waals surface area contributed by atoms with Crippen LogP contribution in [0.15, 0.2) is 17.3 Å². The Kier molecular flexibility index (Phi) is 3.22. The molecule has 1 atom stereocenters. The first-order valence-electron chi connectivity index (χ1n) is 3.94. The number of aromatic amines is 1. The van der Waals surface area contributed by atoms with Crippen LogP contribution in [0.1, 0.15) is 6.92 Å². The molecule has 0 aromatic carbocycles. The SMILES string of the molecule is CC(C#N)CNS(=O)(=O)c1cn[nH]c1. The van der Waals surface area contributed by atoms with Crippen molar-refractivity contribution in [2.45, 2.75) is 11.8 Å². The molecule has 2 N–H and O–H groups in total. The summed E-state index contributed by atoms with van der Waals surface area (Å²) < 4.78 is 25.2. The van der Waals surface area contributed by atoms with Gasteiger partial charge in [-0.25, -0.2) is 13.1 Å². The number of H-pyrrole nitrogens is 1. The van der Waals surface area contributed by atoms with Crippen molar-refractivity contribution < 1.29 is 8.42 Å². The van der Waals surface area contributed by atoms with Gasteiger partial charge >= 0.3 is 0 Å². The van der Waals surface area contributed by atoms with Crippen LogP contribution < -0.4 is 4.72 Å². The van der Waals surface area contributed by atoms with Gasteiger partial charge in [-0.3, -0.25) is 5.10 Å². The van der Waals surface area contributed by atoms with Gasteiger partial charge in [-0.2, -0.15) is 10.4 Å². The molecule has 0 saturated carbocycles. The summed E-state index contributed by atoms with van der Waals surface area (Å²) in [6, 6.07) is 1.93. The summed E-state index contributed by atoms with van der Waals surface area (Å²) in [4.78, 5) is 0.0719. The molecule has 1 aromatic heterocycles. The van der Waals surface area contributed by atoms with E-state index in [0.717, 1.165) is 0 Å². The number of rotatable bonds is 4. The third kappa shape index (κ3) is 2.55. The lowest BCUT2D eigenvalue weighted by Crippen LogP contribution is -2.27. The predicted molar refractivity (Wildman–Crippen MR) is 48.6 cm³/mol. The average Bonchev–Trinajstić information content (AvgIpc) is 2.67. The minimum absolute atomic E-state index is 0.0719. The molecule has 0 bridgehead atoms. The fourth-order valence-corrected chi connectivity index (χ4v) is 1.79. The minimum Gasteiger partial charge on any atom is -0.284 e.